The first-order valence-electron chi connectivity index (χ1n) is 9.30. The molecule has 3 N–H and O–H groups in total. The maximum absolute atomic E-state index is 10.2. The van der Waals surface area contributed by atoms with Crippen molar-refractivity contribution >= 4 is 29.9 Å². The number of phenolic OH excluding ortho intramolecular Hbond substituents is 1. The molecule has 1 aromatic rings. The van der Waals surface area contributed by atoms with Crippen molar-refractivity contribution in [3.05, 3.63) is 23.8 Å². The number of benzene rings is 1. The molecule has 1 fully saturated rings. The molecule has 0 radical (unpaired) electrons. The molecule has 0 aromatic heterocycles. The third kappa shape index (κ3) is 6.50. The van der Waals surface area contributed by atoms with Crippen LogP contribution in [0.2, 0.25) is 0 Å². The molecule has 6 nitrogen and oxygen atoms in total. The van der Waals surface area contributed by atoms with Gasteiger partial charge in [-0.1, -0.05) is 19.1 Å². The van der Waals surface area contributed by atoms with Crippen LogP contribution in [0.15, 0.2) is 23.2 Å². The van der Waals surface area contributed by atoms with E-state index >= 15 is 0 Å². The second kappa shape index (κ2) is 12.2. The van der Waals surface area contributed by atoms with Crippen LogP contribution in [0.1, 0.15) is 32.3 Å². The van der Waals surface area contributed by atoms with Gasteiger partial charge in [-0.3, -0.25) is 9.89 Å². The summed E-state index contributed by atoms with van der Waals surface area (Å²) in [6.07, 6.45) is 3.21. The minimum Gasteiger partial charge on any atom is -0.504 e. The van der Waals surface area contributed by atoms with Crippen LogP contribution in [0.25, 0.3) is 0 Å². The van der Waals surface area contributed by atoms with Crippen LogP contribution in [-0.4, -0.2) is 61.8 Å². The molecule has 1 atom stereocenters. The summed E-state index contributed by atoms with van der Waals surface area (Å²) in [7, 11) is 1.57. The average Bonchev–Trinajstić information content (AvgIpc) is 3.08. The van der Waals surface area contributed by atoms with Gasteiger partial charge in [0.15, 0.2) is 17.5 Å². The monoisotopic (exact) mass is 476 g/mol. The summed E-state index contributed by atoms with van der Waals surface area (Å²) >= 11 is 0. The van der Waals surface area contributed by atoms with Crippen molar-refractivity contribution in [3.63, 3.8) is 0 Å². The van der Waals surface area contributed by atoms with E-state index in [1.165, 1.54) is 19.4 Å². The molecule has 2 rings (SSSR count). The van der Waals surface area contributed by atoms with E-state index in [2.05, 4.69) is 29.4 Å². The van der Waals surface area contributed by atoms with Crippen LogP contribution in [0.3, 0.4) is 0 Å². The second-order valence-electron chi connectivity index (χ2n) is 6.29. The predicted octanol–water partition coefficient (Wildman–Crippen LogP) is 2.60. The van der Waals surface area contributed by atoms with Crippen LogP contribution >= 0.6 is 24.0 Å². The fourth-order valence-corrected chi connectivity index (χ4v) is 3.31. The molecule has 1 aliphatic heterocycles. The number of para-hydroxylation sites is 1. The summed E-state index contributed by atoms with van der Waals surface area (Å²) in [6.45, 7) is 8.93. The number of nitrogens with zero attached hydrogens (tertiary/aromatic N) is 2. The quantitative estimate of drug-likeness (QED) is 0.306. The first-order valence-corrected chi connectivity index (χ1v) is 9.30. The van der Waals surface area contributed by atoms with Gasteiger partial charge in [-0.2, -0.15) is 0 Å². The van der Waals surface area contributed by atoms with Crippen molar-refractivity contribution < 1.29 is 9.84 Å². The van der Waals surface area contributed by atoms with Gasteiger partial charge in [0.05, 0.1) is 13.7 Å². The lowest BCUT2D eigenvalue weighted by molar-refractivity contribution is 0.273. The minimum atomic E-state index is 0. The van der Waals surface area contributed by atoms with E-state index in [1.807, 2.05) is 12.1 Å². The van der Waals surface area contributed by atoms with E-state index in [0.717, 1.165) is 31.2 Å². The number of likely N-dealkylation sites (tertiary alicyclic amines) is 1. The van der Waals surface area contributed by atoms with Crippen molar-refractivity contribution in [1.29, 1.82) is 0 Å². The molecule has 1 unspecified atom stereocenters. The van der Waals surface area contributed by atoms with Gasteiger partial charge in [0.2, 0.25) is 0 Å². The first-order chi connectivity index (χ1) is 12.2. The van der Waals surface area contributed by atoms with E-state index < -0.39 is 0 Å². The number of aliphatic imine (C=N–C) groups is 1. The summed E-state index contributed by atoms with van der Waals surface area (Å²) in [5.74, 6) is 1.57. The summed E-state index contributed by atoms with van der Waals surface area (Å²) in [5, 5.41) is 16.8. The van der Waals surface area contributed by atoms with Crippen LogP contribution in [0, 0.1) is 0 Å². The van der Waals surface area contributed by atoms with Crippen LogP contribution in [0.5, 0.6) is 11.5 Å². The Bertz CT molecular complexity index is 568. The third-order valence-corrected chi connectivity index (χ3v) is 4.70. The minimum absolute atomic E-state index is 0. The Morgan fingerprint density at radius 1 is 1.35 bits per heavy atom. The Hall–Kier alpha value is -1.22. The predicted molar refractivity (Wildman–Crippen MR) is 118 cm³/mol. The maximum Gasteiger partial charge on any atom is 0.191 e. The van der Waals surface area contributed by atoms with Crippen LogP contribution in [0.4, 0.5) is 0 Å². The summed E-state index contributed by atoms with van der Waals surface area (Å²) < 4.78 is 5.16. The zero-order chi connectivity index (χ0) is 18.1. The SMILES string of the molecule is CCNC(=NCC1CCCN1CC)NCCc1cccc(OC)c1O.I. The standard InChI is InChI=1S/C19H32N4O2.HI/c1-4-20-19(22-14-16-9-7-13-23(16)5-2)21-12-11-15-8-6-10-17(25-3)18(15)24;/h6,8,10,16,24H,4-5,7,9,11-14H2,1-3H3,(H2,20,21,22);1H. The van der Waals surface area contributed by atoms with Gasteiger partial charge in [-0.15, -0.1) is 24.0 Å². The number of aromatic hydroxyl groups is 1. The first kappa shape index (κ1) is 22.8. The lowest BCUT2D eigenvalue weighted by atomic mass is 10.1. The van der Waals surface area contributed by atoms with Crippen LogP contribution in [-0.2, 0) is 6.42 Å². The van der Waals surface area contributed by atoms with Crippen molar-refractivity contribution in [2.24, 2.45) is 4.99 Å². The fraction of sp³-hybridized carbons (Fsp3) is 0.632. The van der Waals surface area contributed by atoms with Gasteiger partial charge in [0.1, 0.15) is 0 Å². The highest BCUT2D eigenvalue weighted by Gasteiger charge is 2.22. The Labute approximate surface area is 174 Å². The molecule has 148 valence electrons. The number of likely N-dealkylation sites (N-methyl/N-ethyl adjacent to an activating group) is 1. The van der Waals surface area contributed by atoms with Crippen molar-refractivity contribution in [1.82, 2.24) is 15.5 Å². The summed E-state index contributed by atoms with van der Waals surface area (Å²) in [4.78, 5) is 7.25. The molecule has 1 heterocycles. The zero-order valence-electron chi connectivity index (χ0n) is 16.1. The number of halogens is 1. The molecule has 0 spiro atoms. The summed E-state index contributed by atoms with van der Waals surface area (Å²) in [6, 6.07) is 6.13. The van der Waals surface area contributed by atoms with Gasteiger partial charge in [-0.25, -0.2) is 0 Å². The Morgan fingerprint density at radius 3 is 2.85 bits per heavy atom. The molecule has 7 heteroatoms. The molecular weight excluding hydrogens is 443 g/mol. The molecule has 0 saturated carbocycles. The molecule has 1 aromatic carbocycles. The van der Waals surface area contributed by atoms with E-state index in [-0.39, 0.29) is 29.7 Å². The number of hydrogen-bond donors (Lipinski definition) is 3. The highest BCUT2D eigenvalue weighted by molar-refractivity contribution is 14.0. The van der Waals surface area contributed by atoms with E-state index in [9.17, 15) is 5.11 Å². The average molecular weight is 476 g/mol. The lowest BCUT2D eigenvalue weighted by Crippen LogP contribution is -2.40. The van der Waals surface area contributed by atoms with Gasteiger partial charge in [0, 0.05) is 19.1 Å². The molecule has 0 aliphatic carbocycles. The number of methoxy groups -OCH3 is 1. The highest BCUT2D eigenvalue weighted by atomic mass is 127. The number of guanidine groups is 1. The number of phenols is 1. The number of nitrogens with one attached hydrogen (secondary N) is 2. The van der Waals surface area contributed by atoms with E-state index in [0.29, 0.717) is 24.8 Å². The summed E-state index contributed by atoms with van der Waals surface area (Å²) in [5.41, 5.74) is 0.871. The smallest absolute Gasteiger partial charge is 0.191 e. The fourth-order valence-electron chi connectivity index (χ4n) is 3.31. The van der Waals surface area contributed by atoms with Crippen molar-refractivity contribution in [2.75, 3.05) is 39.8 Å². The molecule has 1 saturated heterocycles. The largest absolute Gasteiger partial charge is 0.504 e. The van der Waals surface area contributed by atoms with Gasteiger partial charge < -0.3 is 20.5 Å². The molecule has 0 amide bonds. The third-order valence-electron chi connectivity index (χ3n) is 4.70. The zero-order valence-corrected chi connectivity index (χ0v) is 18.5. The number of rotatable bonds is 8. The Balaban J connectivity index is 0.00000338. The topological polar surface area (TPSA) is 69.1 Å². The van der Waals surface area contributed by atoms with Gasteiger partial charge in [0.25, 0.3) is 0 Å². The normalized spacial score (nSPS) is 17.7. The molecule has 1 aliphatic rings. The molecule has 26 heavy (non-hydrogen) atoms. The van der Waals surface area contributed by atoms with Crippen LogP contribution < -0.4 is 15.4 Å². The van der Waals surface area contributed by atoms with Gasteiger partial charge >= 0.3 is 0 Å². The van der Waals surface area contributed by atoms with Crippen molar-refractivity contribution in [2.45, 2.75) is 39.2 Å². The van der Waals surface area contributed by atoms with Crippen molar-refractivity contribution in [3.8, 4) is 11.5 Å². The Kier molecular flexibility index (Phi) is 10.7. The Morgan fingerprint density at radius 2 is 2.15 bits per heavy atom. The number of hydrogen-bond acceptors (Lipinski definition) is 4. The lowest BCUT2D eigenvalue weighted by Gasteiger charge is -2.21. The second-order valence-corrected chi connectivity index (χ2v) is 6.29. The van der Waals surface area contributed by atoms with Gasteiger partial charge in [-0.05, 0) is 50.9 Å². The number of ether oxygens (including phenoxy) is 1. The molecular formula is C19H33IN4O2. The van der Waals surface area contributed by atoms with E-state index in [4.69, 9.17) is 9.73 Å². The highest BCUT2D eigenvalue weighted by Crippen LogP contribution is 2.29. The van der Waals surface area contributed by atoms with E-state index in [1.54, 1.807) is 13.2 Å². The molecule has 0 bridgehead atoms. The maximum atomic E-state index is 10.2.